The second-order valence-corrected chi connectivity index (χ2v) is 8.53. The molecule has 2 heterocycles. The molecule has 8 nitrogen and oxygen atoms in total. The van der Waals surface area contributed by atoms with E-state index in [4.69, 9.17) is 4.42 Å². The number of fused-ring (bicyclic) bond motifs is 1. The topological polar surface area (TPSA) is 106 Å². The van der Waals surface area contributed by atoms with Gasteiger partial charge >= 0.3 is 5.63 Å². The van der Waals surface area contributed by atoms with Gasteiger partial charge in [0.2, 0.25) is 0 Å². The molecule has 1 aliphatic rings. The summed E-state index contributed by atoms with van der Waals surface area (Å²) in [6, 6.07) is 20.4. The number of benzene rings is 3. The van der Waals surface area contributed by atoms with Crippen LogP contribution in [-0.4, -0.2) is 23.9 Å². The number of nitro benzene ring substituents is 1. The minimum Gasteiger partial charge on any atom is -0.422 e. The molecule has 1 aliphatic heterocycles. The molecule has 3 aromatic carbocycles. The number of amides is 1. The van der Waals surface area contributed by atoms with Crippen LogP contribution in [0.15, 0.2) is 82.0 Å². The molecule has 0 bridgehead atoms. The van der Waals surface area contributed by atoms with E-state index in [9.17, 15) is 19.7 Å². The van der Waals surface area contributed by atoms with Crippen LogP contribution in [0.4, 0.5) is 17.1 Å². The maximum atomic E-state index is 12.9. The van der Waals surface area contributed by atoms with E-state index in [0.29, 0.717) is 28.1 Å². The molecule has 0 unspecified atom stereocenters. The van der Waals surface area contributed by atoms with E-state index in [1.54, 1.807) is 54.6 Å². The van der Waals surface area contributed by atoms with Crippen LogP contribution in [0.3, 0.4) is 0 Å². The fourth-order valence-electron chi connectivity index (χ4n) is 4.44. The highest BCUT2D eigenvalue weighted by molar-refractivity contribution is 6.05. The summed E-state index contributed by atoms with van der Waals surface area (Å²) in [5.74, 6) is -0.471. The number of anilines is 2. The molecule has 5 rings (SSSR count). The maximum Gasteiger partial charge on any atom is 0.344 e. The monoisotopic (exact) mass is 469 g/mol. The van der Waals surface area contributed by atoms with Crippen molar-refractivity contribution in [1.29, 1.82) is 0 Å². The summed E-state index contributed by atoms with van der Waals surface area (Å²) in [6.45, 7) is 1.53. The predicted octanol–water partition coefficient (Wildman–Crippen LogP) is 5.61. The Kier molecular flexibility index (Phi) is 6.01. The Balaban J connectivity index is 1.41. The highest BCUT2D eigenvalue weighted by atomic mass is 16.6. The normalized spacial score (nSPS) is 13.5. The Morgan fingerprint density at radius 3 is 2.54 bits per heavy atom. The number of carbonyl (C=O) groups excluding carboxylic acids is 1. The van der Waals surface area contributed by atoms with Gasteiger partial charge in [-0.3, -0.25) is 14.9 Å². The van der Waals surface area contributed by atoms with Crippen LogP contribution in [0.25, 0.3) is 22.1 Å². The predicted molar refractivity (Wildman–Crippen MR) is 135 cm³/mol. The molecule has 176 valence electrons. The summed E-state index contributed by atoms with van der Waals surface area (Å²) in [5, 5.41) is 15.3. The van der Waals surface area contributed by atoms with Crippen LogP contribution in [0, 0.1) is 10.1 Å². The van der Waals surface area contributed by atoms with E-state index >= 15 is 0 Å². The third-order valence-corrected chi connectivity index (χ3v) is 6.20. The van der Waals surface area contributed by atoms with Gasteiger partial charge in [-0.1, -0.05) is 30.3 Å². The number of nitrogens with one attached hydrogen (secondary N) is 1. The second-order valence-electron chi connectivity index (χ2n) is 8.53. The van der Waals surface area contributed by atoms with E-state index in [-0.39, 0.29) is 11.3 Å². The summed E-state index contributed by atoms with van der Waals surface area (Å²) >= 11 is 0. The zero-order chi connectivity index (χ0) is 24.4. The third-order valence-electron chi connectivity index (χ3n) is 6.20. The summed E-state index contributed by atoms with van der Waals surface area (Å²) in [7, 11) is 0. The first-order valence-corrected chi connectivity index (χ1v) is 11.5. The smallest absolute Gasteiger partial charge is 0.344 e. The number of hydrogen-bond acceptors (Lipinski definition) is 6. The lowest BCUT2D eigenvalue weighted by atomic mass is 10.0. The van der Waals surface area contributed by atoms with Crippen molar-refractivity contribution >= 4 is 33.9 Å². The van der Waals surface area contributed by atoms with Crippen molar-refractivity contribution in [2.75, 3.05) is 23.3 Å². The van der Waals surface area contributed by atoms with E-state index in [1.165, 1.54) is 6.07 Å². The number of nitrogens with zero attached hydrogens (tertiary/aromatic N) is 2. The maximum absolute atomic E-state index is 12.9. The van der Waals surface area contributed by atoms with Gasteiger partial charge < -0.3 is 14.6 Å². The van der Waals surface area contributed by atoms with Crippen molar-refractivity contribution in [1.82, 2.24) is 0 Å². The average Bonchev–Trinajstić information content (AvgIpc) is 2.88. The standard InChI is InChI=1S/C27H23N3O5/c31-26(20-11-12-23(24(17-20)30(33)34)29-13-4-1-5-14-29)28-21-9-6-8-18(15-21)22-16-19-7-2-3-10-25(19)35-27(22)32/h2-3,6-12,15-17H,1,4-5,13-14H2,(H,28,31). The average molecular weight is 469 g/mol. The quantitative estimate of drug-likeness (QED) is 0.231. The Hall–Kier alpha value is -4.46. The molecule has 1 saturated heterocycles. The molecular weight excluding hydrogens is 446 g/mol. The number of piperidine rings is 1. The van der Waals surface area contributed by atoms with Crippen molar-refractivity contribution in [2.24, 2.45) is 0 Å². The van der Waals surface area contributed by atoms with E-state index < -0.39 is 16.5 Å². The molecule has 0 aliphatic carbocycles. The molecule has 4 aromatic rings. The summed E-state index contributed by atoms with van der Waals surface area (Å²) in [5.41, 5.74) is 2.10. The lowest BCUT2D eigenvalue weighted by molar-refractivity contribution is -0.384. The minimum atomic E-state index is -0.476. The largest absolute Gasteiger partial charge is 0.422 e. The van der Waals surface area contributed by atoms with Gasteiger partial charge in [0, 0.05) is 35.8 Å². The van der Waals surface area contributed by atoms with Crippen LogP contribution in [0.5, 0.6) is 0 Å². The number of para-hydroxylation sites is 1. The van der Waals surface area contributed by atoms with Gasteiger partial charge in [-0.2, -0.15) is 0 Å². The van der Waals surface area contributed by atoms with Gasteiger partial charge in [-0.15, -0.1) is 0 Å². The van der Waals surface area contributed by atoms with Crippen molar-refractivity contribution in [3.63, 3.8) is 0 Å². The molecule has 1 aromatic heterocycles. The van der Waals surface area contributed by atoms with Crippen molar-refractivity contribution < 1.29 is 14.1 Å². The fourth-order valence-corrected chi connectivity index (χ4v) is 4.44. The summed E-state index contributed by atoms with van der Waals surface area (Å²) < 4.78 is 5.42. The van der Waals surface area contributed by atoms with Crippen LogP contribution in [0.2, 0.25) is 0 Å². The molecule has 1 fully saturated rings. The highest BCUT2D eigenvalue weighted by Gasteiger charge is 2.23. The van der Waals surface area contributed by atoms with Crippen LogP contribution in [0.1, 0.15) is 29.6 Å². The first-order chi connectivity index (χ1) is 17.0. The Labute approximate surface area is 201 Å². The molecule has 0 radical (unpaired) electrons. The number of rotatable bonds is 5. The highest BCUT2D eigenvalue weighted by Crippen LogP contribution is 2.32. The SMILES string of the molecule is O=C(Nc1cccc(-c2cc3ccccc3oc2=O)c1)c1ccc(N2CCCCC2)c([N+](=O)[O-])c1. The van der Waals surface area contributed by atoms with Gasteiger partial charge in [0.1, 0.15) is 11.3 Å². The van der Waals surface area contributed by atoms with Crippen molar-refractivity contribution in [2.45, 2.75) is 19.3 Å². The molecular formula is C27H23N3O5. The molecule has 35 heavy (non-hydrogen) atoms. The van der Waals surface area contributed by atoms with Gasteiger partial charge in [-0.05, 0) is 61.2 Å². The summed E-state index contributed by atoms with van der Waals surface area (Å²) in [4.78, 5) is 38.8. The molecule has 1 amide bonds. The Bertz CT molecular complexity index is 1490. The Morgan fingerprint density at radius 2 is 1.74 bits per heavy atom. The van der Waals surface area contributed by atoms with Gasteiger partial charge in [0.15, 0.2) is 0 Å². The van der Waals surface area contributed by atoms with E-state index in [0.717, 1.165) is 37.7 Å². The van der Waals surface area contributed by atoms with Gasteiger partial charge in [0.05, 0.1) is 10.5 Å². The first-order valence-electron chi connectivity index (χ1n) is 11.5. The lowest BCUT2D eigenvalue weighted by Gasteiger charge is -2.28. The first kappa shape index (κ1) is 22.3. The zero-order valence-electron chi connectivity index (χ0n) is 18.9. The minimum absolute atomic E-state index is 0.0814. The van der Waals surface area contributed by atoms with Gasteiger partial charge in [-0.25, -0.2) is 4.79 Å². The van der Waals surface area contributed by atoms with Crippen LogP contribution in [-0.2, 0) is 0 Å². The molecule has 0 spiro atoms. The van der Waals surface area contributed by atoms with Crippen LogP contribution < -0.4 is 15.8 Å². The summed E-state index contributed by atoms with van der Waals surface area (Å²) in [6.07, 6.45) is 3.10. The molecule has 8 heteroatoms. The van der Waals surface area contributed by atoms with E-state index in [1.807, 2.05) is 17.0 Å². The van der Waals surface area contributed by atoms with Crippen molar-refractivity contribution in [3.05, 3.63) is 98.9 Å². The molecule has 0 atom stereocenters. The van der Waals surface area contributed by atoms with E-state index in [2.05, 4.69) is 5.32 Å². The number of hydrogen-bond donors (Lipinski definition) is 1. The Morgan fingerprint density at radius 1 is 0.943 bits per heavy atom. The zero-order valence-corrected chi connectivity index (χ0v) is 18.9. The fraction of sp³-hybridized carbons (Fsp3) is 0.185. The number of nitro groups is 1. The number of carbonyl (C=O) groups is 1. The molecule has 1 N–H and O–H groups in total. The third kappa shape index (κ3) is 4.63. The lowest BCUT2D eigenvalue weighted by Crippen LogP contribution is -2.30. The van der Waals surface area contributed by atoms with Crippen molar-refractivity contribution in [3.8, 4) is 11.1 Å². The molecule has 0 saturated carbocycles. The van der Waals surface area contributed by atoms with Gasteiger partial charge in [0.25, 0.3) is 11.6 Å². The van der Waals surface area contributed by atoms with Crippen LogP contribution >= 0.6 is 0 Å². The second kappa shape index (κ2) is 9.42.